The molecular formula is C20H29N3O2. The lowest BCUT2D eigenvalue weighted by Crippen LogP contribution is -2.49. The molecule has 0 radical (unpaired) electrons. The Labute approximate surface area is 150 Å². The Kier molecular flexibility index (Phi) is 5.89. The van der Waals surface area contributed by atoms with Crippen molar-refractivity contribution in [3.05, 3.63) is 36.0 Å². The van der Waals surface area contributed by atoms with E-state index in [4.69, 9.17) is 9.72 Å². The summed E-state index contributed by atoms with van der Waals surface area (Å²) in [6.07, 6.45) is 2.03. The molecule has 25 heavy (non-hydrogen) atoms. The average molecular weight is 343 g/mol. The van der Waals surface area contributed by atoms with Crippen molar-refractivity contribution in [1.29, 1.82) is 0 Å². The predicted octanol–water partition coefficient (Wildman–Crippen LogP) is 2.68. The van der Waals surface area contributed by atoms with E-state index in [1.807, 2.05) is 25.1 Å². The molecule has 1 aliphatic heterocycles. The molecule has 1 aromatic carbocycles. The molecule has 1 unspecified atom stereocenters. The van der Waals surface area contributed by atoms with Crippen LogP contribution in [0.2, 0.25) is 0 Å². The van der Waals surface area contributed by atoms with E-state index >= 15 is 0 Å². The number of aryl methyl sites for hydroxylation is 1. The van der Waals surface area contributed by atoms with Crippen molar-refractivity contribution in [2.24, 2.45) is 0 Å². The molecule has 1 aliphatic rings. The van der Waals surface area contributed by atoms with Gasteiger partial charge in [0.1, 0.15) is 0 Å². The minimum atomic E-state index is -0.799. The molecule has 1 aromatic heterocycles. The molecule has 0 saturated carbocycles. The van der Waals surface area contributed by atoms with Crippen LogP contribution < -0.4 is 5.32 Å². The van der Waals surface area contributed by atoms with Gasteiger partial charge in [0.25, 0.3) is 0 Å². The quantitative estimate of drug-likeness (QED) is 0.809. The van der Waals surface area contributed by atoms with Gasteiger partial charge in [0.15, 0.2) is 0 Å². The fourth-order valence-electron chi connectivity index (χ4n) is 3.34. The van der Waals surface area contributed by atoms with Crippen molar-refractivity contribution in [1.82, 2.24) is 9.88 Å². The Morgan fingerprint density at radius 1 is 1.28 bits per heavy atom. The maximum absolute atomic E-state index is 10.8. The summed E-state index contributed by atoms with van der Waals surface area (Å²) in [5.41, 5.74) is 2.35. The zero-order valence-electron chi connectivity index (χ0n) is 15.3. The number of aromatic nitrogens is 1. The third kappa shape index (κ3) is 4.91. The zero-order valence-corrected chi connectivity index (χ0v) is 15.3. The van der Waals surface area contributed by atoms with Crippen molar-refractivity contribution in [2.75, 3.05) is 44.7 Å². The second-order valence-electron chi connectivity index (χ2n) is 7.17. The van der Waals surface area contributed by atoms with Gasteiger partial charge in [0, 0.05) is 42.9 Å². The number of nitrogens with zero attached hydrogens (tertiary/aromatic N) is 2. The molecule has 5 nitrogen and oxygen atoms in total. The molecule has 0 aliphatic carbocycles. The van der Waals surface area contributed by atoms with Crippen LogP contribution in [0.4, 0.5) is 5.69 Å². The van der Waals surface area contributed by atoms with Gasteiger partial charge < -0.3 is 15.2 Å². The minimum Gasteiger partial charge on any atom is -0.387 e. The van der Waals surface area contributed by atoms with Gasteiger partial charge in [-0.2, -0.15) is 0 Å². The van der Waals surface area contributed by atoms with E-state index in [1.54, 1.807) is 0 Å². The van der Waals surface area contributed by atoms with E-state index in [2.05, 4.69) is 29.3 Å². The third-order valence-corrected chi connectivity index (χ3v) is 4.60. The molecule has 2 N–H and O–H groups in total. The molecule has 2 heterocycles. The van der Waals surface area contributed by atoms with E-state index in [9.17, 15) is 5.11 Å². The number of anilines is 1. The molecule has 5 heteroatoms. The smallest absolute Gasteiger partial charge is 0.0917 e. The Morgan fingerprint density at radius 2 is 2.04 bits per heavy atom. The molecule has 1 atom stereocenters. The first-order chi connectivity index (χ1) is 12.1. The molecule has 2 aromatic rings. The number of β-amino-alcohol motifs (C(OH)–C–C–N with tert-alkyl or cyclic N) is 1. The summed E-state index contributed by atoms with van der Waals surface area (Å²) in [6.45, 7) is 8.47. The number of rotatable bonds is 7. The summed E-state index contributed by atoms with van der Waals surface area (Å²) >= 11 is 0. The number of ether oxygens (including phenoxy) is 1. The molecule has 1 saturated heterocycles. The standard InChI is InChI=1S/C20H29N3O2/c1-3-6-16-13-19(17-7-4-5-8-18(17)22-16)21-14-20(2,24)15-23-9-11-25-12-10-23/h4-5,7-8,13,24H,3,6,9-12,14-15H2,1-2H3,(H,21,22). The molecule has 1 fully saturated rings. The van der Waals surface area contributed by atoms with Crippen molar-refractivity contribution in [2.45, 2.75) is 32.3 Å². The molecule has 0 spiro atoms. The van der Waals surface area contributed by atoms with Crippen LogP contribution in [0.5, 0.6) is 0 Å². The summed E-state index contributed by atoms with van der Waals surface area (Å²) in [6, 6.07) is 10.3. The van der Waals surface area contributed by atoms with Crippen molar-refractivity contribution < 1.29 is 9.84 Å². The van der Waals surface area contributed by atoms with Crippen LogP contribution in [-0.2, 0) is 11.2 Å². The van der Waals surface area contributed by atoms with E-state index in [-0.39, 0.29) is 0 Å². The molecule has 3 rings (SSSR count). The maximum Gasteiger partial charge on any atom is 0.0917 e. The van der Waals surface area contributed by atoms with Crippen LogP contribution in [-0.4, -0.2) is 60.0 Å². The first kappa shape index (κ1) is 18.1. The topological polar surface area (TPSA) is 57.6 Å². The summed E-state index contributed by atoms with van der Waals surface area (Å²) in [7, 11) is 0. The number of fused-ring (bicyclic) bond motifs is 1. The largest absolute Gasteiger partial charge is 0.387 e. The lowest BCUT2D eigenvalue weighted by molar-refractivity contribution is -0.0163. The lowest BCUT2D eigenvalue weighted by atomic mass is 10.0. The first-order valence-corrected chi connectivity index (χ1v) is 9.22. The maximum atomic E-state index is 10.8. The average Bonchev–Trinajstić information content (AvgIpc) is 2.60. The van der Waals surface area contributed by atoms with Gasteiger partial charge in [0.05, 0.1) is 24.3 Å². The Morgan fingerprint density at radius 3 is 2.80 bits per heavy atom. The van der Waals surface area contributed by atoms with E-state index in [0.717, 1.165) is 61.4 Å². The van der Waals surface area contributed by atoms with Crippen molar-refractivity contribution in [3.8, 4) is 0 Å². The van der Waals surface area contributed by atoms with E-state index < -0.39 is 5.60 Å². The van der Waals surface area contributed by atoms with Gasteiger partial charge >= 0.3 is 0 Å². The number of benzene rings is 1. The number of aliphatic hydroxyl groups is 1. The van der Waals surface area contributed by atoms with E-state index in [1.165, 1.54) is 0 Å². The van der Waals surface area contributed by atoms with Gasteiger partial charge in [-0.15, -0.1) is 0 Å². The van der Waals surface area contributed by atoms with Gasteiger partial charge in [-0.25, -0.2) is 0 Å². The lowest BCUT2D eigenvalue weighted by Gasteiger charge is -2.34. The number of hydrogen-bond acceptors (Lipinski definition) is 5. The number of para-hydroxylation sites is 1. The monoisotopic (exact) mass is 343 g/mol. The molecule has 136 valence electrons. The van der Waals surface area contributed by atoms with E-state index in [0.29, 0.717) is 13.1 Å². The molecule has 0 amide bonds. The zero-order chi connectivity index (χ0) is 17.7. The summed E-state index contributed by atoms with van der Waals surface area (Å²) in [5.74, 6) is 0. The molecule has 0 bridgehead atoms. The third-order valence-electron chi connectivity index (χ3n) is 4.60. The fraction of sp³-hybridized carbons (Fsp3) is 0.550. The fourth-order valence-corrected chi connectivity index (χ4v) is 3.34. The molecular weight excluding hydrogens is 314 g/mol. The second kappa shape index (κ2) is 8.13. The number of morpholine rings is 1. The highest BCUT2D eigenvalue weighted by Crippen LogP contribution is 2.24. The summed E-state index contributed by atoms with van der Waals surface area (Å²) < 4.78 is 5.38. The van der Waals surface area contributed by atoms with Gasteiger partial charge in [-0.05, 0) is 25.5 Å². The van der Waals surface area contributed by atoms with Crippen LogP contribution in [0.15, 0.2) is 30.3 Å². The highest BCUT2D eigenvalue weighted by atomic mass is 16.5. The summed E-state index contributed by atoms with van der Waals surface area (Å²) in [4.78, 5) is 7.00. The number of hydrogen-bond donors (Lipinski definition) is 2. The summed E-state index contributed by atoms with van der Waals surface area (Å²) in [5, 5.41) is 15.4. The Hall–Kier alpha value is -1.69. The minimum absolute atomic E-state index is 0.504. The SMILES string of the molecule is CCCc1cc(NCC(C)(O)CN2CCOCC2)c2ccccc2n1. The van der Waals surface area contributed by atoms with Crippen LogP contribution >= 0.6 is 0 Å². The van der Waals surface area contributed by atoms with Crippen LogP contribution in [0.1, 0.15) is 26.0 Å². The number of nitrogens with one attached hydrogen (secondary N) is 1. The van der Waals surface area contributed by atoms with Crippen molar-refractivity contribution >= 4 is 16.6 Å². The Bertz CT molecular complexity index is 696. The number of pyridine rings is 1. The van der Waals surface area contributed by atoms with Crippen LogP contribution in [0.25, 0.3) is 10.9 Å². The Balaban J connectivity index is 1.72. The highest BCUT2D eigenvalue weighted by Gasteiger charge is 2.25. The van der Waals surface area contributed by atoms with Gasteiger partial charge in [-0.1, -0.05) is 31.5 Å². The van der Waals surface area contributed by atoms with Crippen LogP contribution in [0, 0.1) is 0 Å². The normalized spacial score (nSPS) is 18.2. The van der Waals surface area contributed by atoms with Crippen LogP contribution in [0.3, 0.4) is 0 Å². The second-order valence-corrected chi connectivity index (χ2v) is 7.17. The van der Waals surface area contributed by atoms with Crippen molar-refractivity contribution in [3.63, 3.8) is 0 Å². The first-order valence-electron chi connectivity index (χ1n) is 9.22. The van der Waals surface area contributed by atoms with Gasteiger partial charge in [-0.3, -0.25) is 9.88 Å². The van der Waals surface area contributed by atoms with Gasteiger partial charge in [0.2, 0.25) is 0 Å². The highest BCUT2D eigenvalue weighted by molar-refractivity contribution is 5.91. The predicted molar refractivity (Wildman–Crippen MR) is 102 cm³/mol.